The number of anilines is 2. The minimum Gasteiger partial charge on any atom is -0.465 e. The number of hydrogen-bond acceptors (Lipinski definition) is 7. The molecular formula is C18H18F2N2O5S2. The number of rotatable bonds is 6. The predicted molar refractivity (Wildman–Crippen MR) is 109 cm³/mol. The highest BCUT2D eigenvalue weighted by Crippen LogP contribution is 2.35. The zero-order valence-electron chi connectivity index (χ0n) is 15.9. The summed E-state index contributed by atoms with van der Waals surface area (Å²) in [6, 6.07) is 4.65. The molecular weight excluding hydrogens is 426 g/mol. The van der Waals surface area contributed by atoms with E-state index in [4.69, 9.17) is 21.7 Å². The van der Waals surface area contributed by atoms with Crippen LogP contribution in [0, 0.1) is 13.8 Å². The van der Waals surface area contributed by atoms with Gasteiger partial charge in [-0.05, 0) is 49.3 Å². The van der Waals surface area contributed by atoms with Crippen molar-refractivity contribution in [3.63, 3.8) is 0 Å². The molecule has 2 N–H and O–H groups in total. The van der Waals surface area contributed by atoms with Crippen LogP contribution in [0.15, 0.2) is 18.2 Å². The number of hydrogen-bond donors (Lipinski definition) is 2. The van der Waals surface area contributed by atoms with Crippen LogP contribution in [0.2, 0.25) is 0 Å². The van der Waals surface area contributed by atoms with Gasteiger partial charge >= 0.3 is 18.6 Å². The number of carbonyl (C=O) groups excluding carboxylic acids is 2. The molecule has 0 fully saturated rings. The van der Waals surface area contributed by atoms with Gasteiger partial charge in [-0.1, -0.05) is 6.07 Å². The van der Waals surface area contributed by atoms with Crippen molar-refractivity contribution >= 4 is 51.3 Å². The van der Waals surface area contributed by atoms with Gasteiger partial charge in [0.1, 0.15) is 15.6 Å². The zero-order chi connectivity index (χ0) is 21.7. The Morgan fingerprint density at radius 3 is 2.34 bits per heavy atom. The third kappa shape index (κ3) is 5.39. The van der Waals surface area contributed by atoms with E-state index < -0.39 is 18.6 Å². The molecule has 0 saturated heterocycles. The molecule has 1 heterocycles. The number of aryl methyl sites for hydroxylation is 1. The number of halogens is 2. The van der Waals surface area contributed by atoms with E-state index in [-0.39, 0.29) is 32.0 Å². The molecule has 1 aromatic carbocycles. The number of methoxy groups -OCH3 is 2. The molecule has 0 saturated carbocycles. The van der Waals surface area contributed by atoms with Gasteiger partial charge < -0.3 is 24.8 Å². The maximum atomic E-state index is 12.7. The average molecular weight is 444 g/mol. The van der Waals surface area contributed by atoms with Crippen molar-refractivity contribution in [1.29, 1.82) is 0 Å². The van der Waals surface area contributed by atoms with E-state index in [0.717, 1.165) is 16.9 Å². The molecule has 2 aromatic rings. The van der Waals surface area contributed by atoms with Gasteiger partial charge in [-0.2, -0.15) is 8.78 Å². The summed E-state index contributed by atoms with van der Waals surface area (Å²) in [5.74, 6) is -1.37. The molecule has 0 aliphatic carbocycles. The molecule has 0 amide bonds. The smallest absolute Gasteiger partial charge is 0.387 e. The fourth-order valence-electron chi connectivity index (χ4n) is 2.42. The molecule has 0 unspecified atom stereocenters. The Balaban J connectivity index is 2.32. The van der Waals surface area contributed by atoms with Crippen molar-refractivity contribution in [2.24, 2.45) is 0 Å². The molecule has 0 spiro atoms. The fraction of sp³-hybridized carbons (Fsp3) is 0.278. The molecule has 0 aliphatic rings. The lowest BCUT2D eigenvalue weighted by Crippen LogP contribution is -2.21. The van der Waals surface area contributed by atoms with E-state index in [1.807, 2.05) is 0 Å². The van der Waals surface area contributed by atoms with E-state index in [0.29, 0.717) is 5.56 Å². The summed E-state index contributed by atoms with van der Waals surface area (Å²) in [7, 11) is 2.43. The Labute approximate surface area is 175 Å². The summed E-state index contributed by atoms with van der Waals surface area (Å²) in [4.78, 5) is 24.3. The van der Waals surface area contributed by atoms with Crippen LogP contribution in [-0.4, -0.2) is 37.9 Å². The second-order valence-electron chi connectivity index (χ2n) is 5.70. The molecule has 2 rings (SSSR count). The highest BCUT2D eigenvalue weighted by Gasteiger charge is 2.26. The normalized spacial score (nSPS) is 10.4. The lowest BCUT2D eigenvalue weighted by molar-refractivity contribution is -0.0493. The number of esters is 2. The first-order valence-electron chi connectivity index (χ1n) is 8.11. The SMILES string of the molecule is COC(=O)c1sc(NC(=S)Nc2ccc(C)cc2OC(F)F)c(C(=O)OC)c1C. The number of benzene rings is 1. The Hall–Kier alpha value is -2.79. The molecule has 1 aromatic heterocycles. The van der Waals surface area contributed by atoms with Gasteiger partial charge in [0.05, 0.1) is 25.5 Å². The van der Waals surface area contributed by atoms with Crippen molar-refractivity contribution in [2.45, 2.75) is 20.5 Å². The third-order valence-corrected chi connectivity index (χ3v) is 5.13. The van der Waals surface area contributed by atoms with Crippen LogP contribution >= 0.6 is 23.6 Å². The van der Waals surface area contributed by atoms with Gasteiger partial charge in [-0.3, -0.25) is 0 Å². The van der Waals surface area contributed by atoms with Gasteiger partial charge in [-0.25, -0.2) is 9.59 Å². The lowest BCUT2D eigenvalue weighted by Gasteiger charge is -2.15. The summed E-state index contributed by atoms with van der Waals surface area (Å²) in [5, 5.41) is 5.79. The Morgan fingerprint density at radius 2 is 1.76 bits per heavy atom. The van der Waals surface area contributed by atoms with Gasteiger partial charge in [0.25, 0.3) is 0 Å². The summed E-state index contributed by atoms with van der Waals surface area (Å²) >= 11 is 6.18. The molecule has 7 nitrogen and oxygen atoms in total. The fourth-order valence-corrected chi connectivity index (χ4v) is 3.81. The van der Waals surface area contributed by atoms with Crippen LogP contribution in [0.4, 0.5) is 19.5 Å². The van der Waals surface area contributed by atoms with Crippen molar-refractivity contribution in [3.8, 4) is 5.75 Å². The number of ether oxygens (including phenoxy) is 3. The maximum Gasteiger partial charge on any atom is 0.387 e. The number of thiophene rings is 1. The quantitative estimate of drug-likeness (QED) is 0.503. The maximum absolute atomic E-state index is 12.7. The number of thiocarbonyl (C=S) groups is 1. The van der Waals surface area contributed by atoms with Crippen molar-refractivity contribution < 1.29 is 32.6 Å². The largest absolute Gasteiger partial charge is 0.465 e. The van der Waals surface area contributed by atoms with Crippen molar-refractivity contribution in [1.82, 2.24) is 0 Å². The molecule has 156 valence electrons. The Bertz CT molecular complexity index is 947. The summed E-state index contributed by atoms with van der Waals surface area (Å²) < 4.78 is 39.3. The minimum atomic E-state index is -3.01. The van der Waals surface area contributed by atoms with Gasteiger partial charge in [0.2, 0.25) is 0 Å². The zero-order valence-corrected chi connectivity index (χ0v) is 17.6. The first kappa shape index (κ1) is 22.5. The Kier molecular flexibility index (Phi) is 7.46. The van der Waals surface area contributed by atoms with Gasteiger partial charge in [-0.15, -0.1) is 11.3 Å². The number of alkyl halides is 2. The molecule has 0 bridgehead atoms. The van der Waals surface area contributed by atoms with E-state index >= 15 is 0 Å². The molecule has 0 aliphatic heterocycles. The van der Waals surface area contributed by atoms with E-state index in [1.54, 1.807) is 19.9 Å². The van der Waals surface area contributed by atoms with Crippen LogP contribution in [0.5, 0.6) is 5.75 Å². The van der Waals surface area contributed by atoms with Gasteiger partial charge in [0, 0.05) is 0 Å². The first-order chi connectivity index (χ1) is 13.7. The second kappa shape index (κ2) is 9.61. The van der Waals surface area contributed by atoms with Crippen LogP contribution in [0.3, 0.4) is 0 Å². The van der Waals surface area contributed by atoms with Crippen molar-refractivity contribution in [3.05, 3.63) is 39.8 Å². The average Bonchev–Trinajstić information content (AvgIpc) is 2.98. The van der Waals surface area contributed by atoms with Crippen LogP contribution < -0.4 is 15.4 Å². The summed E-state index contributed by atoms with van der Waals surface area (Å²) in [5.41, 5.74) is 1.41. The third-order valence-electron chi connectivity index (χ3n) is 3.74. The lowest BCUT2D eigenvalue weighted by atomic mass is 10.1. The minimum absolute atomic E-state index is 0.00390. The van der Waals surface area contributed by atoms with Crippen LogP contribution in [0.1, 0.15) is 31.2 Å². The number of carbonyl (C=O) groups is 2. The topological polar surface area (TPSA) is 85.9 Å². The molecule has 29 heavy (non-hydrogen) atoms. The summed E-state index contributed by atoms with van der Waals surface area (Å²) in [6.07, 6.45) is 0. The monoisotopic (exact) mass is 444 g/mol. The first-order valence-corrected chi connectivity index (χ1v) is 9.33. The second-order valence-corrected chi connectivity index (χ2v) is 7.13. The van der Waals surface area contributed by atoms with Crippen molar-refractivity contribution in [2.75, 3.05) is 24.9 Å². The van der Waals surface area contributed by atoms with E-state index in [1.165, 1.54) is 26.4 Å². The molecule has 0 radical (unpaired) electrons. The highest BCUT2D eigenvalue weighted by molar-refractivity contribution is 7.80. The standard InChI is InChI=1S/C18H18F2N2O5S2/c1-8-5-6-10(11(7-8)27-17(19)20)21-18(28)22-14-12(15(23)25-3)9(2)13(29-14)16(24)26-4/h5-7,17H,1-4H3,(H2,21,22,28). The van der Waals surface area contributed by atoms with Gasteiger partial charge in [0.15, 0.2) is 5.11 Å². The Morgan fingerprint density at radius 1 is 1.10 bits per heavy atom. The van der Waals surface area contributed by atoms with Crippen LogP contribution in [0.25, 0.3) is 0 Å². The highest BCUT2D eigenvalue weighted by atomic mass is 32.1. The molecule has 11 heteroatoms. The number of nitrogens with one attached hydrogen (secondary N) is 2. The van der Waals surface area contributed by atoms with Crippen LogP contribution in [-0.2, 0) is 9.47 Å². The van der Waals surface area contributed by atoms with E-state index in [9.17, 15) is 18.4 Å². The molecule has 0 atom stereocenters. The summed E-state index contributed by atoms with van der Waals surface area (Å²) in [6.45, 7) is 0.294. The van der Waals surface area contributed by atoms with E-state index in [2.05, 4.69) is 15.4 Å². The predicted octanol–water partition coefficient (Wildman–Crippen LogP) is 4.35.